The van der Waals surface area contributed by atoms with E-state index in [4.69, 9.17) is 25.8 Å². The molecule has 0 saturated heterocycles. The van der Waals surface area contributed by atoms with E-state index in [1.54, 1.807) is 38.5 Å². The second kappa shape index (κ2) is 9.85. The third-order valence-electron chi connectivity index (χ3n) is 4.32. The Balaban J connectivity index is 1.68. The Labute approximate surface area is 175 Å². The van der Waals surface area contributed by atoms with Gasteiger partial charge in [0.15, 0.2) is 17.2 Å². The number of nitrogens with one attached hydrogen (secondary N) is 1. The van der Waals surface area contributed by atoms with Gasteiger partial charge in [-0.3, -0.25) is 4.79 Å². The van der Waals surface area contributed by atoms with Crippen LogP contribution in [-0.2, 0) is 11.2 Å². The van der Waals surface area contributed by atoms with Gasteiger partial charge in [0.05, 0.1) is 24.9 Å². The van der Waals surface area contributed by atoms with Gasteiger partial charge < -0.3 is 19.5 Å². The highest BCUT2D eigenvalue weighted by molar-refractivity contribution is 6.32. The summed E-state index contributed by atoms with van der Waals surface area (Å²) in [6.45, 7) is 0. The van der Waals surface area contributed by atoms with E-state index in [2.05, 4.69) is 5.32 Å². The zero-order valence-corrected chi connectivity index (χ0v) is 17.0. The van der Waals surface area contributed by atoms with Crippen molar-refractivity contribution in [2.75, 3.05) is 19.5 Å². The van der Waals surface area contributed by atoms with Gasteiger partial charge in [0.2, 0.25) is 5.91 Å². The number of anilines is 1. The zero-order valence-electron chi connectivity index (χ0n) is 16.3. The first-order chi connectivity index (χ1) is 14.1. The Bertz CT molecular complexity index is 990. The minimum absolute atomic E-state index is 0.134. The van der Waals surface area contributed by atoms with Crippen LogP contribution in [0, 0.1) is 0 Å². The van der Waals surface area contributed by atoms with E-state index in [9.17, 15) is 4.79 Å². The monoisotopic (exact) mass is 411 g/mol. The van der Waals surface area contributed by atoms with Crippen LogP contribution in [0.25, 0.3) is 0 Å². The van der Waals surface area contributed by atoms with E-state index in [0.29, 0.717) is 40.1 Å². The third-order valence-corrected chi connectivity index (χ3v) is 4.64. The highest BCUT2D eigenvalue weighted by Crippen LogP contribution is 2.34. The number of benzene rings is 3. The fourth-order valence-corrected chi connectivity index (χ4v) is 3.09. The molecule has 0 saturated carbocycles. The summed E-state index contributed by atoms with van der Waals surface area (Å²) in [6.07, 6.45) is 0.795. The number of aryl methyl sites for hydroxylation is 1. The van der Waals surface area contributed by atoms with Crippen molar-refractivity contribution in [1.82, 2.24) is 0 Å². The Kier molecular flexibility index (Phi) is 6.98. The first-order valence-electron chi connectivity index (χ1n) is 9.13. The molecule has 0 atom stereocenters. The number of hydrogen-bond donors (Lipinski definition) is 1. The molecule has 1 N–H and O–H groups in total. The van der Waals surface area contributed by atoms with Gasteiger partial charge in [0.25, 0.3) is 0 Å². The second-order valence-corrected chi connectivity index (χ2v) is 6.64. The molecule has 0 aromatic heterocycles. The van der Waals surface area contributed by atoms with Crippen molar-refractivity contribution in [1.29, 1.82) is 0 Å². The van der Waals surface area contributed by atoms with Crippen LogP contribution in [0.3, 0.4) is 0 Å². The summed E-state index contributed by atoms with van der Waals surface area (Å²) in [4.78, 5) is 12.5. The molecule has 3 rings (SSSR count). The van der Waals surface area contributed by atoms with E-state index in [-0.39, 0.29) is 12.3 Å². The summed E-state index contributed by atoms with van der Waals surface area (Å²) in [5.41, 5.74) is 1.48. The van der Waals surface area contributed by atoms with Gasteiger partial charge in [-0.15, -0.1) is 0 Å². The first-order valence-corrected chi connectivity index (χ1v) is 9.51. The van der Waals surface area contributed by atoms with Crippen LogP contribution in [0.4, 0.5) is 5.69 Å². The molecule has 0 unspecified atom stereocenters. The highest BCUT2D eigenvalue weighted by atomic mass is 35.5. The van der Waals surface area contributed by atoms with Crippen LogP contribution in [0.5, 0.6) is 23.0 Å². The molecule has 6 heteroatoms. The van der Waals surface area contributed by atoms with Crippen molar-refractivity contribution in [3.05, 3.63) is 77.3 Å². The van der Waals surface area contributed by atoms with E-state index in [1.807, 2.05) is 42.5 Å². The second-order valence-electron chi connectivity index (χ2n) is 6.23. The van der Waals surface area contributed by atoms with Crippen molar-refractivity contribution in [2.24, 2.45) is 0 Å². The molecule has 5 nitrogen and oxygen atoms in total. The smallest absolute Gasteiger partial charge is 0.224 e. The summed E-state index contributed by atoms with van der Waals surface area (Å²) >= 11 is 6.17. The molecule has 0 fully saturated rings. The van der Waals surface area contributed by atoms with Crippen LogP contribution in [0.2, 0.25) is 5.02 Å². The molecule has 0 aliphatic heterocycles. The standard InChI is InChI=1S/C23H22ClNO4/c1-27-21-13-7-8-16(23(21)28-2)14-15-22(26)25-18-10-4-6-12-20(18)29-19-11-5-3-9-17(19)24/h3-13H,14-15H2,1-2H3,(H,25,26). The number of para-hydroxylation sites is 4. The topological polar surface area (TPSA) is 56.8 Å². The molecule has 0 aliphatic rings. The highest BCUT2D eigenvalue weighted by Gasteiger charge is 2.13. The molecule has 0 bridgehead atoms. The lowest BCUT2D eigenvalue weighted by Gasteiger charge is -2.14. The molecule has 29 heavy (non-hydrogen) atoms. The number of methoxy groups -OCH3 is 2. The Morgan fingerprint density at radius 1 is 0.862 bits per heavy atom. The number of ether oxygens (including phenoxy) is 3. The van der Waals surface area contributed by atoms with Gasteiger partial charge >= 0.3 is 0 Å². The summed E-state index contributed by atoms with van der Waals surface area (Å²) in [5, 5.41) is 3.41. The molecule has 0 spiro atoms. The van der Waals surface area contributed by atoms with E-state index in [1.165, 1.54) is 0 Å². The fourth-order valence-electron chi connectivity index (χ4n) is 2.92. The lowest BCUT2D eigenvalue weighted by molar-refractivity contribution is -0.116. The lowest BCUT2D eigenvalue weighted by Crippen LogP contribution is -2.13. The lowest BCUT2D eigenvalue weighted by atomic mass is 10.1. The van der Waals surface area contributed by atoms with Crippen LogP contribution in [0.1, 0.15) is 12.0 Å². The quantitative estimate of drug-likeness (QED) is 0.515. The predicted molar refractivity (Wildman–Crippen MR) is 114 cm³/mol. The fraction of sp³-hybridized carbons (Fsp3) is 0.174. The zero-order chi connectivity index (χ0) is 20.6. The van der Waals surface area contributed by atoms with Crippen molar-refractivity contribution in [2.45, 2.75) is 12.8 Å². The largest absolute Gasteiger partial charge is 0.493 e. The normalized spacial score (nSPS) is 10.3. The van der Waals surface area contributed by atoms with Crippen molar-refractivity contribution >= 4 is 23.2 Å². The van der Waals surface area contributed by atoms with E-state index in [0.717, 1.165) is 5.56 Å². The van der Waals surface area contributed by atoms with Crippen LogP contribution < -0.4 is 19.5 Å². The molecule has 1 amide bonds. The molecular weight excluding hydrogens is 390 g/mol. The summed E-state index contributed by atoms with van der Waals surface area (Å²) in [6, 6.07) is 20.0. The van der Waals surface area contributed by atoms with Crippen molar-refractivity contribution in [3.8, 4) is 23.0 Å². The molecule has 0 heterocycles. The maximum absolute atomic E-state index is 12.5. The van der Waals surface area contributed by atoms with Gasteiger partial charge in [-0.25, -0.2) is 0 Å². The number of halogens is 1. The van der Waals surface area contributed by atoms with Crippen molar-refractivity contribution in [3.63, 3.8) is 0 Å². The number of hydrogen-bond acceptors (Lipinski definition) is 4. The SMILES string of the molecule is COc1cccc(CCC(=O)Nc2ccccc2Oc2ccccc2Cl)c1OC. The molecule has 0 radical (unpaired) electrons. The maximum Gasteiger partial charge on any atom is 0.224 e. The summed E-state index contributed by atoms with van der Waals surface area (Å²) in [5.74, 6) is 2.20. The van der Waals surface area contributed by atoms with E-state index >= 15 is 0 Å². The molecule has 0 aliphatic carbocycles. The average molecular weight is 412 g/mol. The minimum atomic E-state index is -0.134. The Morgan fingerprint density at radius 2 is 1.55 bits per heavy atom. The molecular formula is C23H22ClNO4. The number of rotatable bonds is 8. The maximum atomic E-state index is 12.5. The van der Waals surface area contributed by atoms with Crippen LogP contribution in [-0.4, -0.2) is 20.1 Å². The van der Waals surface area contributed by atoms with Crippen LogP contribution >= 0.6 is 11.6 Å². The minimum Gasteiger partial charge on any atom is -0.493 e. The Morgan fingerprint density at radius 3 is 2.28 bits per heavy atom. The summed E-state index contributed by atoms with van der Waals surface area (Å²) in [7, 11) is 3.17. The first kappa shape index (κ1) is 20.6. The Hall–Kier alpha value is -3.18. The molecule has 150 valence electrons. The molecule has 3 aromatic rings. The number of amides is 1. The predicted octanol–water partition coefficient (Wildman–Crippen LogP) is 5.72. The van der Waals surface area contributed by atoms with Crippen LogP contribution in [0.15, 0.2) is 66.7 Å². The van der Waals surface area contributed by atoms with E-state index < -0.39 is 0 Å². The average Bonchev–Trinajstić information content (AvgIpc) is 2.74. The van der Waals surface area contributed by atoms with Gasteiger partial charge in [-0.1, -0.05) is 48.0 Å². The van der Waals surface area contributed by atoms with Gasteiger partial charge in [-0.2, -0.15) is 0 Å². The third kappa shape index (κ3) is 5.21. The van der Waals surface area contributed by atoms with Gasteiger partial charge in [-0.05, 0) is 42.3 Å². The summed E-state index contributed by atoms with van der Waals surface area (Å²) < 4.78 is 16.6. The van der Waals surface area contributed by atoms with Crippen molar-refractivity contribution < 1.29 is 19.0 Å². The van der Waals surface area contributed by atoms with Gasteiger partial charge in [0.1, 0.15) is 5.75 Å². The van der Waals surface area contributed by atoms with Gasteiger partial charge in [0, 0.05) is 6.42 Å². The number of carbonyl (C=O) groups is 1. The molecule has 3 aromatic carbocycles. The number of carbonyl (C=O) groups excluding carboxylic acids is 1.